The molecule has 1 saturated heterocycles. The Hall–Kier alpha value is -1.43. The molecule has 0 saturated carbocycles. The summed E-state index contributed by atoms with van der Waals surface area (Å²) in [5.41, 5.74) is 7.31. The van der Waals surface area contributed by atoms with Crippen molar-refractivity contribution < 1.29 is 9.59 Å². The molecule has 0 aromatic carbocycles. The lowest BCUT2D eigenvalue weighted by Gasteiger charge is -2.33. The van der Waals surface area contributed by atoms with Gasteiger partial charge in [0.2, 0.25) is 5.91 Å². The molecule has 0 spiro atoms. The standard InChI is InChI=1S/C10H13N3O2S/c11-9(14)8-3-1-2-4-13(8)10(15)7-5-16-6-12-7/h5-6,8H,1-4H2,(H2,11,14). The number of rotatable bonds is 2. The van der Waals surface area contributed by atoms with E-state index >= 15 is 0 Å². The number of likely N-dealkylation sites (tertiary alicyclic amines) is 1. The summed E-state index contributed by atoms with van der Waals surface area (Å²) in [5.74, 6) is -0.618. The highest BCUT2D eigenvalue weighted by Crippen LogP contribution is 2.19. The maximum atomic E-state index is 12.0. The summed E-state index contributed by atoms with van der Waals surface area (Å²) in [6.07, 6.45) is 2.51. The third kappa shape index (κ3) is 2.06. The van der Waals surface area contributed by atoms with Crippen molar-refractivity contribution in [3.8, 4) is 0 Å². The van der Waals surface area contributed by atoms with Crippen LogP contribution in [0.2, 0.25) is 0 Å². The monoisotopic (exact) mass is 239 g/mol. The van der Waals surface area contributed by atoms with Gasteiger partial charge in [-0.05, 0) is 19.3 Å². The van der Waals surface area contributed by atoms with E-state index in [0.29, 0.717) is 18.7 Å². The lowest BCUT2D eigenvalue weighted by atomic mass is 10.0. The normalized spacial score (nSPS) is 20.8. The van der Waals surface area contributed by atoms with Gasteiger partial charge in [-0.1, -0.05) is 0 Å². The smallest absolute Gasteiger partial charge is 0.274 e. The number of thiazole rings is 1. The number of amides is 2. The molecule has 1 aromatic heterocycles. The quantitative estimate of drug-likeness (QED) is 0.822. The fraction of sp³-hybridized carbons (Fsp3) is 0.500. The second-order valence-electron chi connectivity index (χ2n) is 3.79. The molecule has 2 heterocycles. The van der Waals surface area contributed by atoms with Crippen molar-refractivity contribution in [2.24, 2.45) is 5.73 Å². The van der Waals surface area contributed by atoms with Gasteiger partial charge in [0.25, 0.3) is 5.91 Å². The zero-order valence-corrected chi connectivity index (χ0v) is 9.57. The number of hydrogen-bond acceptors (Lipinski definition) is 4. The van der Waals surface area contributed by atoms with Gasteiger partial charge in [0, 0.05) is 11.9 Å². The lowest BCUT2D eigenvalue weighted by molar-refractivity contribution is -0.123. The lowest BCUT2D eigenvalue weighted by Crippen LogP contribution is -2.50. The number of primary amides is 1. The highest BCUT2D eigenvalue weighted by atomic mass is 32.1. The van der Waals surface area contributed by atoms with Gasteiger partial charge in [-0.15, -0.1) is 11.3 Å². The SMILES string of the molecule is NC(=O)C1CCCCN1C(=O)c1cscn1. The zero-order valence-electron chi connectivity index (χ0n) is 8.76. The van der Waals surface area contributed by atoms with Crippen molar-refractivity contribution in [2.75, 3.05) is 6.54 Å². The van der Waals surface area contributed by atoms with Crippen molar-refractivity contribution in [2.45, 2.75) is 25.3 Å². The van der Waals surface area contributed by atoms with Gasteiger partial charge in [0.05, 0.1) is 5.51 Å². The first-order valence-corrected chi connectivity index (χ1v) is 6.13. The van der Waals surface area contributed by atoms with Crippen LogP contribution in [0.4, 0.5) is 0 Å². The molecule has 2 rings (SSSR count). The summed E-state index contributed by atoms with van der Waals surface area (Å²) >= 11 is 1.37. The molecule has 16 heavy (non-hydrogen) atoms. The zero-order chi connectivity index (χ0) is 11.5. The van der Waals surface area contributed by atoms with E-state index in [1.54, 1.807) is 15.8 Å². The first-order valence-electron chi connectivity index (χ1n) is 5.18. The second-order valence-corrected chi connectivity index (χ2v) is 4.50. The van der Waals surface area contributed by atoms with Crippen LogP contribution in [0.25, 0.3) is 0 Å². The van der Waals surface area contributed by atoms with Gasteiger partial charge in [-0.3, -0.25) is 9.59 Å². The van der Waals surface area contributed by atoms with Crippen LogP contribution in [0.5, 0.6) is 0 Å². The molecule has 1 fully saturated rings. The van der Waals surface area contributed by atoms with Crippen molar-refractivity contribution in [1.29, 1.82) is 0 Å². The molecular weight excluding hydrogens is 226 g/mol. The van der Waals surface area contributed by atoms with Crippen LogP contribution in [0, 0.1) is 0 Å². The minimum absolute atomic E-state index is 0.190. The number of carbonyl (C=O) groups is 2. The number of carbonyl (C=O) groups excluding carboxylic acids is 2. The highest BCUT2D eigenvalue weighted by Gasteiger charge is 2.31. The Labute approximate surface area is 97.3 Å². The van der Waals surface area contributed by atoms with Gasteiger partial charge < -0.3 is 10.6 Å². The molecule has 5 nitrogen and oxygen atoms in total. The Morgan fingerprint density at radius 2 is 2.31 bits per heavy atom. The molecular formula is C10H13N3O2S. The molecule has 0 aliphatic carbocycles. The molecule has 0 bridgehead atoms. The predicted molar refractivity (Wildman–Crippen MR) is 60.0 cm³/mol. The topological polar surface area (TPSA) is 76.3 Å². The fourth-order valence-corrected chi connectivity index (χ4v) is 2.46. The summed E-state index contributed by atoms with van der Waals surface area (Å²) in [7, 11) is 0. The van der Waals surface area contributed by atoms with Crippen molar-refractivity contribution in [1.82, 2.24) is 9.88 Å². The molecule has 1 aliphatic rings. The van der Waals surface area contributed by atoms with Gasteiger partial charge >= 0.3 is 0 Å². The summed E-state index contributed by atoms with van der Waals surface area (Å²) in [6, 6.07) is -0.469. The van der Waals surface area contributed by atoms with E-state index in [0.717, 1.165) is 12.8 Å². The largest absolute Gasteiger partial charge is 0.368 e. The average Bonchev–Trinajstić information content (AvgIpc) is 2.81. The van der Waals surface area contributed by atoms with Crippen LogP contribution in [0.1, 0.15) is 29.8 Å². The van der Waals surface area contributed by atoms with E-state index < -0.39 is 11.9 Å². The summed E-state index contributed by atoms with van der Waals surface area (Å²) in [5, 5.41) is 1.69. The third-order valence-corrected chi connectivity index (χ3v) is 3.33. The van der Waals surface area contributed by atoms with Crippen molar-refractivity contribution in [3.63, 3.8) is 0 Å². The minimum atomic E-state index is -0.469. The minimum Gasteiger partial charge on any atom is -0.368 e. The van der Waals surface area contributed by atoms with Gasteiger partial charge in [0.1, 0.15) is 11.7 Å². The third-order valence-electron chi connectivity index (χ3n) is 2.74. The predicted octanol–water partition coefficient (Wildman–Crippen LogP) is 0.623. The molecule has 1 atom stereocenters. The average molecular weight is 239 g/mol. The van der Waals surface area contributed by atoms with Crippen LogP contribution in [-0.2, 0) is 4.79 Å². The van der Waals surface area contributed by atoms with E-state index in [1.807, 2.05) is 0 Å². The van der Waals surface area contributed by atoms with E-state index in [1.165, 1.54) is 11.3 Å². The second kappa shape index (κ2) is 4.61. The number of aromatic nitrogens is 1. The van der Waals surface area contributed by atoms with Crippen LogP contribution >= 0.6 is 11.3 Å². The maximum absolute atomic E-state index is 12.0. The number of nitrogens with zero attached hydrogens (tertiary/aromatic N) is 2. The molecule has 6 heteroatoms. The number of piperidine rings is 1. The summed E-state index contributed by atoms with van der Waals surface area (Å²) < 4.78 is 0. The Kier molecular flexibility index (Phi) is 3.19. The first-order chi connectivity index (χ1) is 7.70. The summed E-state index contributed by atoms with van der Waals surface area (Å²) in [6.45, 7) is 0.587. The Bertz CT molecular complexity index is 391. The van der Waals surface area contributed by atoms with E-state index in [-0.39, 0.29) is 5.91 Å². The fourth-order valence-electron chi connectivity index (χ4n) is 1.94. The summed E-state index contributed by atoms with van der Waals surface area (Å²) in [4.78, 5) is 28.8. The van der Waals surface area contributed by atoms with Crippen LogP contribution in [0.15, 0.2) is 10.9 Å². The molecule has 1 aliphatic heterocycles. The highest BCUT2D eigenvalue weighted by molar-refractivity contribution is 7.07. The van der Waals surface area contributed by atoms with Crippen LogP contribution < -0.4 is 5.73 Å². The first kappa shape index (κ1) is 11.1. The van der Waals surface area contributed by atoms with Gasteiger partial charge in [-0.25, -0.2) is 4.98 Å². The van der Waals surface area contributed by atoms with Crippen LogP contribution in [0.3, 0.4) is 0 Å². The van der Waals surface area contributed by atoms with E-state index in [9.17, 15) is 9.59 Å². The van der Waals surface area contributed by atoms with Crippen LogP contribution in [-0.4, -0.2) is 34.3 Å². The van der Waals surface area contributed by atoms with Gasteiger partial charge in [0.15, 0.2) is 0 Å². The molecule has 1 unspecified atom stereocenters. The van der Waals surface area contributed by atoms with Crippen molar-refractivity contribution >= 4 is 23.2 Å². The molecule has 86 valence electrons. The van der Waals surface area contributed by atoms with Crippen molar-refractivity contribution in [3.05, 3.63) is 16.6 Å². The Balaban J connectivity index is 2.17. The Morgan fingerprint density at radius 3 is 2.94 bits per heavy atom. The molecule has 0 radical (unpaired) electrons. The number of nitrogens with two attached hydrogens (primary N) is 1. The maximum Gasteiger partial charge on any atom is 0.274 e. The van der Waals surface area contributed by atoms with E-state index in [2.05, 4.69) is 4.98 Å². The molecule has 2 N–H and O–H groups in total. The Morgan fingerprint density at radius 1 is 1.50 bits per heavy atom. The molecule has 2 amide bonds. The van der Waals surface area contributed by atoms with E-state index in [4.69, 9.17) is 5.73 Å². The number of hydrogen-bond donors (Lipinski definition) is 1. The van der Waals surface area contributed by atoms with Gasteiger partial charge in [-0.2, -0.15) is 0 Å². The molecule has 1 aromatic rings.